The number of hydrogen-bond acceptors (Lipinski definition) is 4. The van der Waals surface area contributed by atoms with E-state index < -0.39 is 0 Å². The Morgan fingerprint density at radius 1 is 1.19 bits per heavy atom. The molecule has 0 heterocycles. The number of Topliss-reactive ketones (excluding diaryl/α,β-unsaturated/α-hetero) is 1. The molecule has 2 aromatic rings. The van der Waals surface area contributed by atoms with E-state index in [0.29, 0.717) is 0 Å². The first-order valence-electron chi connectivity index (χ1n) is 9.48. The maximum atomic E-state index is 11.5. The van der Waals surface area contributed by atoms with Gasteiger partial charge >= 0.3 is 0 Å². The third-order valence-corrected chi connectivity index (χ3v) is 5.06. The monoisotopic (exact) mass is 372 g/mol. The van der Waals surface area contributed by atoms with Crippen LogP contribution in [0.1, 0.15) is 45.8 Å². The summed E-state index contributed by atoms with van der Waals surface area (Å²) in [4.78, 5) is 11.5. The first kappa shape index (κ1) is 21.1. The lowest BCUT2D eigenvalue weighted by Gasteiger charge is -2.17. The minimum atomic E-state index is -0.245. The predicted molar refractivity (Wildman–Crippen MR) is 109 cm³/mol. The van der Waals surface area contributed by atoms with Crippen LogP contribution in [-0.4, -0.2) is 29.2 Å². The van der Waals surface area contributed by atoms with Crippen LogP contribution < -0.4 is 4.74 Å². The van der Waals surface area contributed by atoms with Crippen molar-refractivity contribution in [2.24, 2.45) is 11.3 Å². The van der Waals surface area contributed by atoms with E-state index in [1.165, 1.54) is 0 Å². The summed E-state index contributed by atoms with van der Waals surface area (Å²) in [7, 11) is 0. The molecule has 0 aliphatic heterocycles. The maximum absolute atomic E-state index is 11.5. The van der Waals surface area contributed by atoms with Gasteiger partial charge in [-0.3, -0.25) is 4.79 Å². The molecule has 148 valence electrons. The van der Waals surface area contributed by atoms with E-state index in [1.54, 1.807) is 13.8 Å². The molecule has 2 unspecified atom stereocenters. The first-order chi connectivity index (χ1) is 13.0. The lowest BCUT2D eigenvalue weighted by Crippen LogP contribution is -2.16. The summed E-state index contributed by atoms with van der Waals surface area (Å²) in [5, 5.41) is 17.2. The molecule has 1 aliphatic carbocycles. The standard InChI is InChI=1S/C21H24O3.C2H6O.H2/c1-15(23)20-13-21(20,14-22)12-17-8-10-19(11-9-17)24-16(2)18-6-4-3-5-7-18;1-2-3;/h3-11,16,20,22H,12-14H2,1-2H3;3H,2H2,1H3;1H/t16?,20-,21?;;/m1../s1. The molecule has 1 saturated carbocycles. The van der Waals surface area contributed by atoms with Crippen molar-refractivity contribution < 1.29 is 21.2 Å². The van der Waals surface area contributed by atoms with Gasteiger partial charge in [0.2, 0.25) is 0 Å². The SMILES string of the molecule is CC(=O)[C@H]1CC1(CO)Cc1ccc(OC(C)c2ccccc2)cc1.CCO.[HH]. The summed E-state index contributed by atoms with van der Waals surface area (Å²) < 4.78 is 5.98. The fourth-order valence-electron chi connectivity index (χ4n) is 3.44. The molecule has 3 rings (SSSR count). The van der Waals surface area contributed by atoms with Gasteiger partial charge in [-0.2, -0.15) is 0 Å². The summed E-state index contributed by atoms with van der Waals surface area (Å²) in [5.74, 6) is 1.02. The molecule has 0 spiro atoms. The molecule has 0 radical (unpaired) electrons. The van der Waals surface area contributed by atoms with Gasteiger partial charge in [0.1, 0.15) is 17.6 Å². The van der Waals surface area contributed by atoms with E-state index in [2.05, 4.69) is 12.1 Å². The second kappa shape index (κ2) is 9.67. The Labute approximate surface area is 163 Å². The molecule has 1 aliphatic rings. The van der Waals surface area contributed by atoms with Gasteiger partial charge in [0.05, 0.1) is 0 Å². The van der Waals surface area contributed by atoms with Crippen molar-refractivity contribution in [1.82, 2.24) is 0 Å². The number of aliphatic hydroxyl groups excluding tert-OH is 2. The predicted octanol–water partition coefficient (Wildman–Crippen LogP) is 4.20. The summed E-state index contributed by atoms with van der Waals surface area (Å²) in [6.45, 7) is 5.65. The molecule has 4 nitrogen and oxygen atoms in total. The lowest BCUT2D eigenvalue weighted by molar-refractivity contribution is -0.119. The molecular formula is C23H32O4. The number of hydrogen-bond donors (Lipinski definition) is 2. The van der Waals surface area contributed by atoms with Gasteiger partial charge < -0.3 is 14.9 Å². The highest BCUT2D eigenvalue weighted by Gasteiger charge is 2.55. The molecule has 0 bridgehead atoms. The van der Waals surface area contributed by atoms with Gasteiger partial charge in [-0.15, -0.1) is 0 Å². The number of ether oxygens (including phenoxy) is 1. The molecule has 0 aromatic heterocycles. The van der Waals surface area contributed by atoms with E-state index in [4.69, 9.17) is 9.84 Å². The first-order valence-corrected chi connectivity index (χ1v) is 9.48. The zero-order valence-electron chi connectivity index (χ0n) is 16.4. The Morgan fingerprint density at radius 2 is 1.78 bits per heavy atom. The summed E-state index contributed by atoms with van der Waals surface area (Å²) in [6.07, 6.45) is 1.52. The third kappa shape index (κ3) is 5.65. The molecule has 1 fully saturated rings. The van der Waals surface area contributed by atoms with Crippen LogP contribution in [0.4, 0.5) is 0 Å². The molecule has 2 N–H and O–H groups in total. The van der Waals surface area contributed by atoms with Crippen LogP contribution >= 0.6 is 0 Å². The Balaban J connectivity index is 0.000000921. The van der Waals surface area contributed by atoms with E-state index >= 15 is 0 Å². The second-order valence-corrected chi connectivity index (χ2v) is 7.20. The fourth-order valence-corrected chi connectivity index (χ4v) is 3.44. The van der Waals surface area contributed by atoms with Crippen molar-refractivity contribution >= 4 is 5.78 Å². The highest BCUT2D eigenvalue weighted by atomic mass is 16.5. The van der Waals surface area contributed by atoms with Crippen molar-refractivity contribution in [1.29, 1.82) is 0 Å². The van der Waals surface area contributed by atoms with Crippen LogP contribution in [0.5, 0.6) is 5.75 Å². The van der Waals surface area contributed by atoms with Gasteiger partial charge in [0.15, 0.2) is 0 Å². The van der Waals surface area contributed by atoms with E-state index in [9.17, 15) is 9.90 Å². The Bertz CT molecular complexity index is 717. The topological polar surface area (TPSA) is 66.8 Å². The summed E-state index contributed by atoms with van der Waals surface area (Å²) in [6, 6.07) is 18.1. The second-order valence-electron chi connectivity index (χ2n) is 7.20. The van der Waals surface area contributed by atoms with Crippen molar-refractivity contribution in [3.05, 3.63) is 65.7 Å². The zero-order valence-corrected chi connectivity index (χ0v) is 16.4. The highest BCUT2D eigenvalue weighted by molar-refractivity contribution is 5.82. The van der Waals surface area contributed by atoms with Crippen LogP contribution in [0.15, 0.2) is 54.6 Å². The van der Waals surface area contributed by atoms with E-state index in [1.807, 2.05) is 49.4 Å². The molecule has 3 atom stereocenters. The van der Waals surface area contributed by atoms with Gasteiger partial charge in [-0.1, -0.05) is 42.5 Å². The lowest BCUT2D eigenvalue weighted by atomic mass is 9.93. The fraction of sp³-hybridized carbons (Fsp3) is 0.435. The number of ketones is 1. The van der Waals surface area contributed by atoms with Gasteiger partial charge in [0.25, 0.3) is 0 Å². The van der Waals surface area contributed by atoms with Crippen molar-refractivity contribution in [2.75, 3.05) is 13.2 Å². The average Bonchev–Trinajstić information content (AvgIpc) is 3.40. The van der Waals surface area contributed by atoms with Crippen LogP contribution in [0.2, 0.25) is 0 Å². The van der Waals surface area contributed by atoms with E-state index in [0.717, 1.165) is 29.7 Å². The van der Waals surface area contributed by atoms with Crippen LogP contribution in [-0.2, 0) is 11.2 Å². The van der Waals surface area contributed by atoms with Crippen molar-refractivity contribution in [3.63, 3.8) is 0 Å². The summed E-state index contributed by atoms with van der Waals surface area (Å²) in [5.41, 5.74) is 2.03. The third-order valence-electron chi connectivity index (χ3n) is 5.06. The molecular weight excluding hydrogens is 340 g/mol. The smallest absolute Gasteiger partial charge is 0.133 e. The molecule has 0 saturated heterocycles. The van der Waals surface area contributed by atoms with Crippen molar-refractivity contribution in [2.45, 2.75) is 39.7 Å². The largest absolute Gasteiger partial charge is 0.486 e. The Hall–Kier alpha value is -2.17. The van der Waals surface area contributed by atoms with Gasteiger partial charge in [0, 0.05) is 26.0 Å². The van der Waals surface area contributed by atoms with Crippen LogP contribution in [0.25, 0.3) is 0 Å². The Morgan fingerprint density at radius 3 is 2.26 bits per heavy atom. The molecule has 0 amide bonds. The van der Waals surface area contributed by atoms with Gasteiger partial charge in [-0.25, -0.2) is 0 Å². The Kier molecular flexibility index (Phi) is 7.57. The highest BCUT2D eigenvalue weighted by Crippen LogP contribution is 2.54. The summed E-state index contributed by atoms with van der Waals surface area (Å²) >= 11 is 0. The number of aliphatic hydroxyl groups is 2. The minimum Gasteiger partial charge on any atom is -0.486 e. The number of rotatable bonds is 7. The minimum absolute atomic E-state index is 0. The molecule has 4 heteroatoms. The normalized spacial score (nSPS) is 21.6. The van der Waals surface area contributed by atoms with Crippen molar-refractivity contribution in [3.8, 4) is 5.75 Å². The number of benzene rings is 2. The molecule has 2 aromatic carbocycles. The van der Waals surface area contributed by atoms with Gasteiger partial charge in [-0.05, 0) is 56.9 Å². The number of carbonyl (C=O) groups excluding carboxylic acids is 1. The molecule has 27 heavy (non-hydrogen) atoms. The quantitative estimate of drug-likeness (QED) is 0.764. The zero-order chi connectivity index (χ0) is 19.9. The average molecular weight is 373 g/mol. The van der Waals surface area contributed by atoms with Crippen LogP contribution in [0, 0.1) is 11.3 Å². The van der Waals surface area contributed by atoms with Crippen LogP contribution in [0.3, 0.4) is 0 Å². The number of carbonyl (C=O) groups is 1. The maximum Gasteiger partial charge on any atom is 0.133 e. The van der Waals surface area contributed by atoms with E-state index in [-0.39, 0.29) is 37.9 Å².